The minimum atomic E-state index is -0.465. The number of amides is 1. The van der Waals surface area contributed by atoms with Crippen LogP contribution in [0.2, 0.25) is 0 Å². The van der Waals surface area contributed by atoms with Gasteiger partial charge in [0, 0.05) is 18.8 Å². The maximum atomic E-state index is 12.6. The van der Waals surface area contributed by atoms with E-state index in [1.54, 1.807) is 0 Å². The first-order valence-electron chi connectivity index (χ1n) is 11.7. The fourth-order valence-corrected chi connectivity index (χ4v) is 3.50. The highest BCUT2D eigenvalue weighted by Crippen LogP contribution is 2.24. The van der Waals surface area contributed by atoms with Crippen LogP contribution in [0.4, 0.5) is 5.69 Å². The summed E-state index contributed by atoms with van der Waals surface area (Å²) in [5.74, 6) is 0.327. The summed E-state index contributed by atoms with van der Waals surface area (Å²) in [6, 6.07) is 8.42. The summed E-state index contributed by atoms with van der Waals surface area (Å²) in [5, 5.41) is 3.17. The van der Waals surface area contributed by atoms with Crippen molar-refractivity contribution in [3.8, 4) is 0 Å². The Balaban J connectivity index is 2.93. The number of nitrogens with zero attached hydrogens (tertiary/aromatic N) is 1. The molecule has 1 aromatic carbocycles. The fraction of sp³-hybridized carbons (Fsp3) is 0.667. The third-order valence-corrected chi connectivity index (χ3v) is 5.29. The number of anilines is 1. The third kappa shape index (κ3) is 11.4. The van der Waals surface area contributed by atoms with Crippen LogP contribution < -0.4 is 16.0 Å². The van der Waals surface area contributed by atoms with Crippen molar-refractivity contribution >= 4 is 11.6 Å². The highest BCUT2D eigenvalue weighted by Gasteiger charge is 2.26. The molecule has 0 aliphatic carbocycles. The lowest BCUT2D eigenvalue weighted by molar-refractivity contribution is -0.124. The summed E-state index contributed by atoms with van der Waals surface area (Å²) < 4.78 is 0. The molecule has 0 bridgehead atoms. The van der Waals surface area contributed by atoms with Gasteiger partial charge in [0.15, 0.2) is 0 Å². The molecule has 0 spiro atoms. The second kappa shape index (κ2) is 11.7. The predicted molar refractivity (Wildman–Crippen MR) is 136 cm³/mol. The molecule has 1 rings (SSSR count). The smallest absolute Gasteiger partial charge is 0.237 e. The van der Waals surface area contributed by atoms with E-state index in [1.807, 2.05) is 0 Å². The molecule has 4 nitrogen and oxygen atoms in total. The van der Waals surface area contributed by atoms with Gasteiger partial charge < -0.3 is 16.0 Å². The summed E-state index contributed by atoms with van der Waals surface area (Å²) in [4.78, 5) is 14.9. The quantitative estimate of drug-likeness (QED) is 0.443. The number of hydrogen-bond donors (Lipinski definition) is 2. The molecule has 1 aromatic rings. The number of carbonyl (C=O) groups is 1. The second-order valence-corrected chi connectivity index (χ2v) is 11.5. The van der Waals surface area contributed by atoms with Gasteiger partial charge in [0.2, 0.25) is 5.91 Å². The Kier molecular flexibility index (Phi) is 10.3. The Bertz CT molecular complexity index is 707. The molecule has 176 valence electrons. The van der Waals surface area contributed by atoms with E-state index in [9.17, 15) is 4.79 Å². The average Bonchev–Trinajstić information content (AvgIpc) is 2.62. The molecule has 0 saturated heterocycles. The zero-order chi connectivity index (χ0) is 23.8. The molecule has 3 N–H and O–H groups in total. The predicted octanol–water partition coefficient (Wildman–Crippen LogP) is 5.71. The van der Waals surface area contributed by atoms with E-state index in [-0.39, 0.29) is 5.91 Å². The molecule has 0 radical (unpaired) electrons. The summed E-state index contributed by atoms with van der Waals surface area (Å²) >= 11 is 0. The van der Waals surface area contributed by atoms with Crippen molar-refractivity contribution in [1.82, 2.24) is 5.32 Å². The van der Waals surface area contributed by atoms with E-state index in [4.69, 9.17) is 5.73 Å². The lowest BCUT2D eigenvalue weighted by Gasteiger charge is -2.35. The van der Waals surface area contributed by atoms with Crippen molar-refractivity contribution in [3.63, 3.8) is 0 Å². The first-order chi connectivity index (χ1) is 14.2. The summed E-state index contributed by atoms with van der Waals surface area (Å²) in [5.41, 5.74) is 9.87. The number of carbonyl (C=O) groups excluding carboxylic acids is 1. The molecule has 0 aliphatic rings. The van der Waals surface area contributed by atoms with Gasteiger partial charge in [0.05, 0.1) is 11.6 Å². The van der Waals surface area contributed by atoms with Crippen molar-refractivity contribution < 1.29 is 4.79 Å². The van der Waals surface area contributed by atoms with Crippen molar-refractivity contribution in [1.29, 1.82) is 0 Å². The largest absolute Gasteiger partial charge is 0.365 e. The van der Waals surface area contributed by atoms with Crippen LogP contribution in [0.25, 0.3) is 0 Å². The first kappa shape index (κ1) is 27.2. The van der Waals surface area contributed by atoms with Crippen LogP contribution in [0.3, 0.4) is 0 Å². The maximum Gasteiger partial charge on any atom is 0.237 e. The Morgan fingerprint density at radius 1 is 1.10 bits per heavy atom. The molecule has 0 heterocycles. The highest BCUT2D eigenvalue weighted by atomic mass is 16.2. The fourth-order valence-electron chi connectivity index (χ4n) is 3.50. The van der Waals surface area contributed by atoms with Crippen LogP contribution in [0.1, 0.15) is 80.7 Å². The van der Waals surface area contributed by atoms with Crippen LogP contribution in [0.5, 0.6) is 0 Å². The van der Waals surface area contributed by atoms with E-state index >= 15 is 0 Å². The Morgan fingerprint density at radius 3 is 2.16 bits per heavy atom. The van der Waals surface area contributed by atoms with E-state index in [0.29, 0.717) is 24.3 Å². The number of nitrogens with two attached hydrogens (primary N) is 1. The van der Waals surface area contributed by atoms with Crippen LogP contribution in [-0.4, -0.2) is 30.6 Å². The standard InChI is InChI=1S/C27H47N3O/c1-20(2)15-17-30(19-27(8,9)29-25(31)24(28)18-21(3)4)23-12-10-22(11-13-23)14-16-26(5,6)7/h10-13,15,21,24H,14,16-19,28H2,1-9H3,(H,29,31)/t24-/m0/s1. The summed E-state index contributed by atoms with van der Waals surface area (Å²) in [6.07, 6.45) is 5.19. The van der Waals surface area contributed by atoms with Gasteiger partial charge in [-0.05, 0) is 76.0 Å². The molecule has 0 aromatic heterocycles. The van der Waals surface area contributed by atoms with Crippen molar-refractivity contribution in [2.24, 2.45) is 17.1 Å². The van der Waals surface area contributed by atoms with E-state index in [0.717, 1.165) is 13.0 Å². The van der Waals surface area contributed by atoms with Gasteiger partial charge in [-0.25, -0.2) is 0 Å². The van der Waals surface area contributed by atoms with Crippen LogP contribution in [0, 0.1) is 11.3 Å². The minimum absolute atomic E-state index is 0.0709. The third-order valence-electron chi connectivity index (χ3n) is 5.29. The Morgan fingerprint density at radius 2 is 1.68 bits per heavy atom. The zero-order valence-corrected chi connectivity index (χ0v) is 21.5. The van der Waals surface area contributed by atoms with Crippen LogP contribution >= 0.6 is 0 Å². The number of hydrogen-bond acceptors (Lipinski definition) is 3. The maximum absolute atomic E-state index is 12.6. The van der Waals surface area contributed by atoms with Gasteiger partial charge in [-0.1, -0.05) is 58.4 Å². The average molecular weight is 430 g/mol. The number of rotatable bonds is 11. The monoisotopic (exact) mass is 429 g/mol. The lowest BCUT2D eigenvalue weighted by Crippen LogP contribution is -2.55. The topological polar surface area (TPSA) is 58.4 Å². The molecule has 4 heteroatoms. The van der Waals surface area contributed by atoms with E-state index in [2.05, 4.69) is 103 Å². The Hall–Kier alpha value is -1.81. The van der Waals surface area contributed by atoms with E-state index < -0.39 is 11.6 Å². The van der Waals surface area contributed by atoms with Crippen molar-refractivity contribution in [2.45, 2.75) is 93.2 Å². The molecule has 0 saturated carbocycles. The number of allylic oxidation sites excluding steroid dienone is 1. The zero-order valence-electron chi connectivity index (χ0n) is 21.5. The number of benzene rings is 1. The van der Waals surface area contributed by atoms with Gasteiger partial charge >= 0.3 is 0 Å². The minimum Gasteiger partial charge on any atom is -0.365 e. The van der Waals surface area contributed by atoms with Crippen molar-refractivity contribution in [3.05, 3.63) is 41.5 Å². The molecule has 0 unspecified atom stereocenters. The molecule has 0 fully saturated rings. The van der Waals surface area contributed by atoms with Gasteiger partial charge in [-0.3, -0.25) is 4.79 Å². The highest BCUT2D eigenvalue weighted by molar-refractivity contribution is 5.82. The van der Waals surface area contributed by atoms with Crippen LogP contribution in [0.15, 0.2) is 35.9 Å². The number of aryl methyl sites for hydroxylation is 1. The van der Waals surface area contributed by atoms with Crippen LogP contribution in [-0.2, 0) is 11.2 Å². The van der Waals surface area contributed by atoms with Gasteiger partial charge in [0.25, 0.3) is 0 Å². The summed E-state index contributed by atoms with van der Waals surface area (Å²) in [6.45, 7) is 20.9. The lowest BCUT2D eigenvalue weighted by atomic mass is 9.89. The van der Waals surface area contributed by atoms with Gasteiger partial charge in [-0.2, -0.15) is 0 Å². The molecule has 1 atom stereocenters. The van der Waals surface area contributed by atoms with Crippen molar-refractivity contribution in [2.75, 3.05) is 18.0 Å². The van der Waals surface area contributed by atoms with Gasteiger partial charge in [-0.15, -0.1) is 0 Å². The summed E-state index contributed by atoms with van der Waals surface area (Å²) in [7, 11) is 0. The normalized spacial score (nSPS) is 13.1. The first-order valence-corrected chi connectivity index (χ1v) is 11.7. The molecule has 1 amide bonds. The molecular weight excluding hydrogens is 382 g/mol. The number of nitrogens with one attached hydrogen (secondary N) is 1. The molecule has 31 heavy (non-hydrogen) atoms. The van der Waals surface area contributed by atoms with E-state index in [1.165, 1.54) is 23.2 Å². The van der Waals surface area contributed by atoms with Gasteiger partial charge in [0.1, 0.15) is 0 Å². The molecular formula is C27H47N3O. The SMILES string of the molecule is CC(C)=CCN(CC(C)(C)NC(=O)[C@@H](N)CC(C)C)c1ccc(CCC(C)(C)C)cc1. The second-order valence-electron chi connectivity index (χ2n) is 11.5. The molecule has 0 aliphatic heterocycles. The Labute approximate surface area is 191 Å².